The van der Waals surface area contributed by atoms with Gasteiger partial charge in [-0.15, -0.1) is 0 Å². The van der Waals surface area contributed by atoms with Crippen molar-refractivity contribution in [2.45, 2.75) is 40.2 Å². The minimum Gasteiger partial charge on any atom is -0.339 e. The van der Waals surface area contributed by atoms with E-state index in [9.17, 15) is 0 Å². The highest BCUT2D eigenvalue weighted by molar-refractivity contribution is 5.55. The van der Waals surface area contributed by atoms with E-state index in [0.29, 0.717) is 24.1 Å². The highest BCUT2D eigenvalue weighted by Crippen LogP contribution is 2.18. The average Bonchev–Trinajstić information content (AvgIpc) is 2.76. The van der Waals surface area contributed by atoms with Crippen LogP contribution in [0.3, 0.4) is 0 Å². The van der Waals surface area contributed by atoms with Gasteiger partial charge in [0.2, 0.25) is 11.7 Å². The number of aromatic nitrogens is 3. The van der Waals surface area contributed by atoms with Gasteiger partial charge in [-0.1, -0.05) is 19.0 Å². The lowest BCUT2D eigenvalue weighted by Crippen LogP contribution is -2.28. The highest BCUT2D eigenvalue weighted by Gasteiger charge is 2.15. The van der Waals surface area contributed by atoms with Gasteiger partial charge in [-0.05, 0) is 31.9 Å². The van der Waals surface area contributed by atoms with Crippen molar-refractivity contribution < 1.29 is 4.52 Å². The Morgan fingerprint density at radius 3 is 2.37 bits per heavy atom. The summed E-state index contributed by atoms with van der Waals surface area (Å²) >= 11 is 0. The van der Waals surface area contributed by atoms with Crippen molar-refractivity contribution in [3.63, 3.8) is 0 Å². The van der Waals surface area contributed by atoms with Crippen LogP contribution in [0.5, 0.6) is 0 Å². The van der Waals surface area contributed by atoms with Crippen molar-refractivity contribution in [3.05, 3.63) is 29.4 Å². The van der Waals surface area contributed by atoms with Crippen LogP contribution in [0.4, 0.5) is 0 Å². The number of aryl methyl sites for hydroxylation is 2. The summed E-state index contributed by atoms with van der Waals surface area (Å²) in [4.78, 5) is 8.73. The fraction of sp³-hybridized carbons (Fsp3) is 0.500. The topological polar surface area (TPSA) is 77.8 Å². The molecule has 2 rings (SSSR count). The Morgan fingerprint density at radius 1 is 1.16 bits per heavy atom. The van der Waals surface area contributed by atoms with Crippen molar-refractivity contribution in [2.24, 2.45) is 11.7 Å². The molecule has 1 atom stereocenters. The summed E-state index contributed by atoms with van der Waals surface area (Å²) in [5.74, 6) is 1.57. The quantitative estimate of drug-likeness (QED) is 0.912. The van der Waals surface area contributed by atoms with E-state index in [1.165, 1.54) is 0 Å². The van der Waals surface area contributed by atoms with Gasteiger partial charge in [0, 0.05) is 29.4 Å². The van der Waals surface area contributed by atoms with E-state index in [1.807, 2.05) is 26.0 Å². The highest BCUT2D eigenvalue weighted by atomic mass is 16.5. The minimum absolute atomic E-state index is 0.0363. The Morgan fingerprint density at radius 2 is 1.79 bits per heavy atom. The Balaban J connectivity index is 2.21. The van der Waals surface area contributed by atoms with E-state index in [2.05, 4.69) is 29.0 Å². The zero-order valence-electron chi connectivity index (χ0n) is 11.8. The molecule has 0 amide bonds. The molecule has 2 aromatic rings. The van der Waals surface area contributed by atoms with Crippen LogP contribution in [0.25, 0.3) is 11.4 Å². The monoisotopic (exact) mass is 260 g/mol. The van der Waals surface area contributed by atoms with Gasteiger partial charge in [-0.2, -0.15) is 4.98 Å². The van der Waals surface area contributed by atoms with Crippen LogP contribution < -0.4 is 5.73 Å². The molecule has 5 heteroatoms. The molecular formula is C14H20N4O. The molecule has 0 saturated heterocycles. The first-order chi connectivity index (χ1) is 8.95. The fourth-order valence-corrected chi connectivity index (χ4v) is 1.86. The smallest absolute Gasteiger partial charge is 0.228 e. The SMILES string of the molecule is Cc1cc(-c2noc(CC(N)C(C)C)n2)cc(C)n1. The zero-order chi connectivity index (χ0) is 14.0. The number of pyridine rings is 1. The summed E-state index contributed by atoms with van der Waals surface area (Å²) < 4.78 is 5.26. The van der Waals surface area contributed by atoms with E-state index >= 15 is 0 Å². The van der Waals surface area contributed by atoms with Crippen LogP contribution in [0.1, 0.15) is 31.1 Å². The largest absolute Gasteiger partial charge is 0.339 e. The molecule has 0 aliphatic heterocycles. The third kappa shape index (κ3) is 3.38. The molecule has 0 fully saturated rings. The first kappa shape index (κ1) is 13.7. The second kappa shape index (κ2) is 5.48. The molecule has 0 aromatic carbocycles. The molecule has 0 aliphatic carbocycles. The average molecular weight is 260 g/mol. The van der Waals surface area contributed by atoms with Crippen molar-refractivity contribution in [3.8, 4) is 11.4 Å². The number of hydrogen-bond acceptors (Lipinski definition) is 5. The normalized spacial score (nSPS) is 12.9. The van der Waals surface area contributed by atoms with Crippen LogP contribution in [0.2, 0.25) is 0 Å². The maximum atomic E-state index is 6.01. The van der Waals surface area contributed by atoms with E-state index in [-0.39, 0.29) is 6.04 Å². The molecule has 0 bridgehead atoms. The summed E-state index contributed by atoms with van der Waals surface area (Å²) in [5, 5.41) is 4.01. The summed E-state index contributed by atoms with van der Waals surface area (Å²) in [7, 11) is 0. The molecule has 0 spiro atoms. The van der Waals surface area contributed by atoms with Crippen LogP contribution in [0, 0.1) is 19.8 Å². The Hall–Kier alpha value is -1.75. The van der Waals surface area contributed by atoms with Gasteiger partial charge in [0.1, 0.15) is 0 Å². The zero-order valence-corrected chi connectivity index (χ0v) is 11.8. The van der Waals surface area contributed by atoms with Crippen molar-refractivity contribution >= 4 is 0 Å². The third-order valence-electron chi connectivity index (χ3n) is 3.07. The maximum Gasteiger partial charge on any atom is 0.228 e. The summed E-state index contributed by atoms with van der Waals surface area (Å²) in [6.07, 6.45) is 0.605. The number of nitrogens with zero attached hydrogens (tertiary/aromatic N) is 3. The van der Waals surface area contributed by atoms with Crippen LogP contribution >= 0.6 is 0 Å². The maximum absolute atomic E-state index is 6.01. The molecule has 5 nitrogen and oxygen atoms in total. The van der Waals surface area contributed by atoms with Gasteiger partial charge in [-0.3, -0.25) is 4.98 Å². The molecule has 19 heavy (non-hydrogen) atoms. The molecule has 2 aromatic heterocycles. The number of rotatable bonds is 4. The number of nitrogens with two attached hydrogens (primary N) is 1. The van der Waals surface area contributed by atoms with E-state index in [4.69, 9.17) is 10.3 Å². The molecule has 1 unspecified atom stereocenters. The standard InChI is InChI=1S/C14H20N4O/c1-8(2)12(15)7-13-17-14(18-19-13)11-5-9(3)16-10(4)6-11/h5-6,8,12H,7,15H2,1-4H3. The predicted molar refractivity (Wildman–Crippen MR) is 73.5 cm³/mol. The van der Waals surface area contributed by atoms with Gasteiger partial charge in [0.15, 0.2) is 0 Å². The molecule has 2 heterocycles. The lowest BCUT2D eigenvalue weighted by Gasteiger charge is -2.11. The third-order valence-corrected chi connectivity index (χ3v) is 3.07. The van der Waals surface area contributed by atoms with Crippen molar-refractivity contribution in [1.29, 1.82) is 0 Å². The fourth-order valence-electron chi connectivity index (χ4n) is 1.86. The lowest BCUT2D eigenvalue weighted by molar-refractivity contribution is 0.353. The van der Waals surface area contributed by atoms with Crippen molar-refractivity contribution in [2.75, 3.05) is 0 Å². The second-order valence-corrected chi connectivity index (χ2v) is 5.26. The first-order valence-electron chi connectivity index (χ1n) is 6.49. The van der Waals surface area contributed by atoms with Crippen LogP contribution in [-0.4, -0.2) is 21.2 Å². The molecule has 2 N–H and O–H groups in total. The summed E-state index contributed by atoms with van der Waals surface area (Å²) in [6.45, 7) is 8.06. The minimum atomic E-state index is 0.0363. The van der Waals surface area contributed by atoms with E-state index < -0.39 is 0 Å². The predicted octanol–water partition coefficient (Wildman–Crippen LogP) is 2.27. The van der Waals surface area contributed by atoms with Gasteiger partial charge in [0.05, 0.1) is 0 Å². The molecule has 0 saturated carbocycles. The number of hydrogen-bond donors (Lipinski definition) is 1. The van der Waals surface area contributed by atoms with Crippen LogP contribution in [0.15, 0.2) is 16.7 Å². The second-order valence-electron chi connectivity index (χ2n) is 5.26. The van der Waals surface area contributed by atoms with Crippen LogP contribution in [-0.2, 0) is 6.42 Å². The Labute approximate surface area is 113 Å². The van der Waals surface area contributed by atoms with Gasteiger partial charge in [-0.25, -0.2) is 0 Å². The summed E-state index contributed by atoms with van der Waals surface area (Å²) in [6, 6.07) is 3.93. The van der Waals surface area contributed by atoms with Gasteiger partial charge >= 0.3 is 0 Å². The van der Waals surface area contributed by atoms with E-state index in [0.717, 1.165) is 17.0 Å². The van der Waals surface area contributed by atoms with Gasteiger partial charge in [0.25, 0.3) is 0 Å². The Kier molecular flexibility index (Phi) is 3.95. The first-order valence-corrected chi connectivity index (χ1v) is 6.49. The molecule has 0 radical (unpaired) electrons. The molecular weight excluding hydrogens is 240 g/mol. The van der Waals surface area contributed by atoms with E-state index in [1.54, 1.807) is 0 Å². The van der Waals surface area contributed by atoms with Crippen molar-refractivity contribution in [1.82, 2.24) is 15.1 Å². The van der Waals surface area contributed by atoms with Gasteiger partial charge < -0.3 is 10.3 Å². The lowest BCUT2D eigenvalue weighted by atomic mass is 10.0. The molecule has 0 aliphatic rings. The molecule has 102 valence electrons. The summed E-state index contributed by atoms with van der Waals surface area (Å²) in [5.41, 5.74) is 8.83. The Bertz CT molecular complexity index is 542.